The molecular weight excluding hydrogens is 234 g/mol. The van der Waals surface area contributed by atoms with Gasteiger partial charge in [0, 0.05) is 12.1 Å². The fourth-order valence-corrected chi connectivity index (χ4v) is 2.70. The van der Waals surface area contributed by atoms with Crippen molar-refractivity contribution >= 4 is 11.7 Å². The van der Waals surface area contributed by atoms with Gasteiger partial charge in [-0.1, -0.05) is 25.0 Å². The molecule has 0 heterocycles. The Morgan fingerprint density at radius 1 is 1.39 bits per heavy atom. The van der Waals surface area contributed by atoms with Crippen LogP contribution in [0.5, 0.6) is 0 Å². The molecule has 1 aliphatic rings. The minimum atomic E-state index is -0.694. The van der Waals surface area contributed by atoms with Gasteiger partial charge in [-0.25, -0.2) is 0 Å². The van der Waals surface area contributed by atoms with Crippen molar-refractivity contribution < 1.29 is 14.5 Å². The SMILES string of the molecule is COC(=O)C1(c2cccc([N+](=O)[O-])c2)CCCC1. The fourth-order valence-electron chi connectivity index (χ4n) is 2.70. The molecule has 0 amide bonds. The number of hydrogen-bond acceptors (Lipinski definition) is 4. The third kappa shape index (κ3) is 1.96. The molecule has 1 aromatic carbocycles. The van der Waals surface area contributed by atoms with Gasteiger partial charge >= 0.3 is 5.97 Å². The molecule has 96 valence electrons. The molecule has 0 N–H and O–H groups in total. The summed E-state index contributed by atoms with van der Waals surface area (Å²) in [6.07, 6.45) is 3.28. The zero-order chi connectivity index (χ0) is 13.2. The third-order valence-corrected chi connectivity index (χ3v) is 3.64. The first kappa shape index (κ1) is 12.5. The molecule has 0 spiro atoms. The first-order valence-electron chi connectivity index (χ1n) is 5.93. The second kappa shape index (κ2) is 4.76. The monoisotopic (exact) mass is 249 g/mol. The third-order valence-electron chi connectivity index (χ3n) is 3.64. The Morgan fingerprint density at radius 2 is 2.06 bits per heavy atom. The summed E-state index contributed by atoms with van der Waals surface area (Å²) < 4.78 is 4.88. The lowest BCUT2D eigenvalue weighted by atomic mass is 9.79. The number of non-ortho nitro benzene ring substituents is 1. The maximum Gasteiger partial charge on any atom is 0.316 e. The second-order valence-electron chi connectivity index (χ2n) is 4.59. The summed E-state index contributed by atoms with van der Waals surface area (Å²) in [5.41, 5.74) is 0.0181. The molecule has 0 radical (unpaired) electrons. The number of ether oxygens (including phenoxy) is 1. The molecule has 0 bridgehead atoms. The molecular formula is C13H15NO4. The number of hydrogen-bond donors (Lipinski definition) is 0. The Hall–Kier alpha value is -1.91. The molecule has 0 aliphatic heterocycles. The van der Waals surface area contributed by atoms with E-state index in [9.17, 15) is 14.9 Å². The van der Waals surface area contributed by atoms with Crippen molar-refractivity contribution in [2.45, 2.75) is 31.1 Å². The van der Waals surface area contributed by atoms with Crippen molar-refractivity contribution in [1.82, 2.24) is 0 Å². The van der Waals surface area contributed by atoms with Gasteiger partial charge in [-0.2, -0.15) is 0 Å². The van der Waals surface area contributed by atoms with Gasteiger partial charge in [0.1, 0.15) is 0 Å². The smallest absolute Gasteiger partial charge is 0.316 e. The largest absolute Gasteiger partial charge is 0.468 e. The number of methoxy groups -OCH3 is 1. The summed E-state index contributed by atoms with van der Waals surface area (Å²) >= 11 is 0. The van der Waals surface area contributed by atoms with Gasteiger partial charge < -0.3 is 4.74 Å². The van der Waals surface area contributed by atoms with Crippen molar-refractivity contribution in [3.8, 4) is 0 Å². The highest BCUT2D eigenvalue weighted by Gasteiger charge is 2.44. The van der Waals surface area contributed by atoms with E-state index in [1.54, 1.807) is 12.1 Å². The summed E-state index contributed by atoms with van der Waals surface area (Å²) in [5.74, 6) is -0.291. The molecule has 0 aromatic heterocycles. The summed E-state index contributed by atoms with van der Waals surface area (Å²) in [6.45, 7) is 0. The van der Waals surface area contributed by atoms with Crippen LogP contribution in [0.25, 0.3) is 0 Å². The van der Waals surface area contributed by atoms with E-state index in [4.69, 9.17) is 4.74 Å². The van der Waals surface area contributed by atoms with Gasteiger partial charge in [-0.05, 0) is 18.4 Å². The zero-order valence-electron chi connectivity index (χ0n) is 10.2. The number of nitro benzene ring substituents is 1. The van der Waals surface area contributed by atoms with Crippen LogP contribution in [-0.2, 0) is 14.9 Å². The molecule has 0 saturated heterocycles. The molecule has 5 heteroatoms. The molecule has 2 rings (SSSR count). The van der Waals surface area contributed by atoms with E-state index >= 15 is 0 Å². The lowest BCUT2D eigenvalue weighted by Crippen LogP contribution is -2.34. The van der Waals surface area contributed by atoms with Crippen LogP contribution in [0.2, 0.25) is 0 Å². The molecule has 0 atom stereocenters. The van der Waals surface area contributed by atoms with Crippen LogP contribution in [0.4, 0.5) is 5.69 Å². The number of carbonyl (C=O) groups is 1. The van der Waals surface area contributed by atoms with Crippen LogP contribution >= 0.6 is 0 Å². The minimum Gasteiger partial charge on any atom is -0.468 e. The van der Waals surface area contributed by atoms with Gasteiger partial charge in [-0.15, -0.1) is 0 Å². The Morgan fingerprint density at radius 3 is 2.61 bits per heavy atom. The van der Waals surface area contributed by atoms with E-state index in [-0.39, 0.29) is 11.7 Å². The standard InChI is InChI=1S/C13H15NO4/c1-18-12(15)13(7-2-3-8-13)10-5-4-6-11(9-10)14(16)17/h4-6,9H,2-3,7-8H2,1H3. The second-order valence-corrected chi connectivity index (χ2v) is 4.59. The van der Waals surface area contributed by atoms with Gasteiger partial charge in [0.05, 0.1) is 17.4 Å². The van der Waals surface area contributed by atoms with Crippen molar-refractivity contribution in [2.24, 2.45) is 0 Å². The van der Waals surface area contributed by atoms with Crippen LogP contribution in [-0.4, -0.2) is 18.0 Å². The maximum absolute atomic E-state index is 12.0. The van der Waals surface area contributed by atoms with Crippen molar-refractivity contribution in [2.75, 3.05) is 7.11 Å². The van der Waals surface area contributed by atoms with Crippen molar-refractivity contribution in [1.29, 1.82) is 0 Å². The number of rotatable bonds is 3. The number of esters is 1. The van der Waals surface area contributed by atoms with Gasteiger partial charge in [-0.3, -0.25) is 14.9 Å². The lowest BCUT2D eigenvalue weighted by molar-refractivity contribution is -0.385. The predicted molar refractivity (Wildman–Crippen MR) is 65.3 cm³/mol. The Balaban J connectivity index is 2.46. The summed E-state index contributed by atoms with van der Waals surface area (Å²) in [7, 11) is 1.36. The quantitative estimate of drug-likeness (QED) is 0.469. The minimum absolute atomic E-state index is 0.0164. The van der Waals surface area contributed by atoms with Crippen LogP contribution < -0.4 is 0 Å². The van der Waals surface area contributed by atoms with E-state index in [2.05, 4.69) is 0 Å². The number of carbonyl (C=O) groups excluding carboxylic acids is 1. The number of nitro groups is 1. The highest BCUT2D eigenvalue weighted by atomic mass is 16.6. The molecule has 0 unspecified atom stereocenters. The molecule has 18 heavy (non-hydrogen) atoms. The Labute approximate surface area is 105 Å². The number of nitrogens with zero attached hydrogens (tertiary/aromatic N) is 1. The summed E-state index contributed by atoms with van der Waals surface area (Å²) in [4.78, 5) is 22.4. The molecule has 5 nitrogen and oxygen atoms in total. The average molecular weight is 249 g/mol. The van der Waals surface area contributed by atoms with Crippen LogP contribution in [0.3, 0.4) is 0 Å². The first-order chi connectivity index (χ1) is 8.60. The zero-order valence-corrected chi connectivity index (χ0v) is 10.2. The molecule has 1 aliphatic carbocycles. The fraction of sp³-hybridized carbons (Fsp3) is 0.462. The van der Waals surface area contributed by atoms with Crippen molar-refractivity contribution in [3.05, 3.63) is 39.9 Å². The normalized spacial score (nSPS) is 17.4. The maximum atomic E-state index is 12.0. The van der Waals surface area contributed by atoms with Gasteiger partial charge in [0.2, 0.25) is 0 Å². The van der Waals surface area contributed by atoms with Crippen molar-refractivity contribution in [3.63, 3.8) is 0 Å². The van der Waals surface area contributed by atoms with Crippen LogP contribution in [0.1, 0.15) is 31.2 Å². The number of benzene rings is 1. The Bertz CT molecular complexity index is 478. The van der Waals surface area contributed by atoms with Crippen LogP contribution in [0.15, 0.2) is 24.3 Å². The topological polar surface area (TPSA) is 69.4 Å². The molecule has 1 saturated carbocycles. The van der Waals surface area contributed by atoms with Gasteiger partial charge in [0.15, 0.2) is 0 Å². The van der Waals surface area contributed by atoms with E-state index in [0.717, 1.165) is 12.8 Å². The lowest BCUT2D eigenvalue weighted by Gasteiger charge is -2.26. The van der Waals surface area contributed by atoms with E-state index in [0.29, 0.717) is 18.4 Å². The summed E-state index contributed by atoms with van der Waals surface area (Å²) in [5, 5.41) is 10.8. The summed E-state index contributed by atoms with van der Waals surface area (Å²) in [6, 6.07) is 6.32. The predicted octanol–water partition coefficient (Wildman–Crippen LogP) is 2.58. The molecule has 1 aromatic rings. The van der Waals surface area contributed by atoms with E-state index in [1.165, 1.54) is 19.2 Å². The average Bonchev–Trinajstić information content (AvgIpc) is 2.88. The molecule has 1 fully saturated rings. The highest BCUT2D eigenvalue weighted by molar-refractivity contribution is 5.83. The first-order valence-corrected chi connectivity index (χ1v) is 5.93. The van der Waals surface area contributed by atoms with Crippen LogP contribution in [0, 0.1) is 10.1 Å². The van der Waals surface area contributed by atoms with Gasteiger partial charge in [0.25, 0.3) is 5.69 Å². The Kier molecular flexibility index (Phi) is 3.32. The van der Waals surface area contributed by atoms with E-state index in [1.807, 2.05) is 0 Å². The van der Waals surface area contributed by atoms with E-state index < -0.39 is 10.3 Å². The highest BCUT2D eigenvalue weighted by Crippen LogP contribution is 2.42.